The summed E-state index contributed by atoms with van der Waals surface area (Å²) in [7, 11) is 0. The van der Waals surface area contributed by atoms with Gasteiger partial charge in [0.15, 0.2) is 6.29 Å². The van der Waals surface area contributed by atoms with Gasteiger partial charge in [0.1, 0.15) is 12.6 Å². The van der Waals surface area contributed by atoms with Crippen molar-refractivity contribution in [3.05, 3.63) is 89.5 Å². The van der Waals surface area contributed by atoms with Gasteiger partial charge < -0.3 is 0 Å². The van der Waals surface area contributed by atoms with Crippen molar-refractivity contribution in [2.45, 2.75) is 0 Å². The van der Waals surface area contributed by atoms with Crippen LogP contribution < -0.4 is 0 Å². The van der Waals surface area contributed by atoms with Gasteiger partial charge in [-0.3, -0.25) is 14.4 Å². The molecule has 0 fully saturated rings. The van der Waals surface area contributed by atoms with E-state index in [4.69, 9.17) is 0 Å². The van der Waals surface area contributed by atoms with Gasteiger partial charge in [-0.1, -0.05) is 61.2 Å². The Labute approximate surface area is 151 Å². The average molecular weight is 340 g/mol. The summed E-state index contributed by atoms with van der Waals surface area (Å²) in [5.41, 5.74) is 6.00. The molecule has 3 aromatic rings. The molecule has 0 saturated heterocycles. The van der Waals surface area contributed by atoms with Crippen molar-refractivity contribution in [1.82, 2.24) is 0 Å². The minimum absolute atomic E-state index is 0.545. The van der Waals surface area contributed by atoms with Crippen LogP contribution in [0.2, 0.25) is 0 Å². The SMILES string of the molecule is C=Cc1cc(-c2ccc(C=O)cc2)c(C=O)cc1-c1ccc(C=O)cc1. The standard InChI is InChI=1S/C23H16O3/c1-2-18-11-23(20-9-5-17(14-25)6-10-20)21(15-26)12-22(18)19-7-3-16(13-24)4-8-19/h2-15H,1H2. The predicted molar refractivity (Wildman–Crippen MR) is 104 cm³/mol. The molecule has 3 aromatic carbocycles. The fourth-order valence-corrected chi connectivity index (χ4v) is 2.88. The van der Waals surface area contributed by atoms with Crippen LogP contribution in [-0.4, -0.2) is 18.9 Å². The Hall–Kier alpha value is -3.59. The van der Waals surface area contributed by atoms with Gasteiger partial charge in [0.2, 0.25) is 0 Å². The number of carbonyl (C=O) groups excluding carboxylic acids is 3. The van der Waals surface area contributed by atoms with Gasteiger partial charge in [0.05, 0.1) is 0 Å². The van der Waals surface area contributed by atoms with Gasteiger partial charge in [-0.05, 0) is 39.9 Å². The minimum Gasteiger partial charge on any atom is -0.298 e. The predicted octanol–water partition coefficient (Wildman–Crippen LogP) is 5.10. The van der Waals surface area contributed by atoms with Crippen LogP contribution in [0.3, 0.4) is 0 Å². The van der Waals surface area contributed by atoms with E-state index < -0.39 is 0 Å². The first-order valence-corrected chi connectivity index (χ1v) is 8.07. The Balaban J connectivity index is 2.15. The number of hydrogen-bond donors (Lipinski definition) is 0. The minimum atomic E-state index is 0.545. The summed E-state index contributed by atoms with van der Waals surface area (Å²) in [6, 6.07) is 18.0. The van der Waals surface area contributed by atoms with Crippen molar-refractivity contribution in [1.29, 1.82) is 0 Å². The van der Waals surface area contributed by atoms with E-state index in [-0.39, 0.29) is 0 Å². The summed E-state index contributed by atoms with van der Waals surface area (Å²) in [6.07, 6.45) is 4.13. The van der Waals surface area contributed by atoms with Crippen LogP contribution in [0.25, 0.3) is 28.3 Å². The van der Waals surface area contributed by atoms with Crippen LogP contribution in [0.5, 0.6) is 0 Å². The molecule has 0 aliphatic rings. The molecule has 0 bridgehead atoms. The highest BCUT2D eigenvalue weighted by atomic mass is 16.1. The van der Waals surface area contributed by atoms with E-state index in [9.17, 15) is 14.4 Å². The number of rotatable bonds is 6. The first-order chi connectivity index (χ1) is 12.7. The summed E-state index contributed by atoms with van der Waals surface area (Å²) in [5, 5.41) is 0. The molecule has 0 amide bonds. The third-order valence-corrected chi connectivity index (χ3v) is 4.28. The lowest BCUT2D eigenvalue weighted by molar-refractivity contribution is 0.111. The zero-order valence-corrected chi connectivity index (χ0v) is 14.0. The quantitative estimate of drug-likeness (QED) is 0.587. The van der Waals surface area contributed by atoms with E-state index >= 15 is 0 Å². The molecule has 0 aliphatic heterocycles. The zero-order valence-electron chi connectivity index (χ0n) is 14.0. The van der Waals surface area contributed by atoms with Crippen molar-refractivity contribution in [2.24, 2.45) is 0 Å². The van der Waals surface area contributed by atoms with Crippen LogP contribution in [0.4, 0.5) is 0 Å². The fraction of sp³-hybridized carbons (Fsp3) is 0. The molecule has 0 unspecified atom stereocenters. The van der Waals surface area contributed by atoms with Gasteiger partial charge in [-0.25, -0.2) is 0 Å². The Bertz CT molecular complexity index is 898. The summed E-state index contributed by atoms with van der Waals surface area (Å²) in [4.78, 5) is 33.4. The summed E-state index contributed by atoms with van der Waals surface area (Å²) < 4.78 is 0. The molecule has 126 valence electrons. The topological polar surface area (TPSA) is 51.2 Å². The molecule has 0 heterocycles. The van der Waals surface area contributed by atoms with Crippen molar-refractivity contribution in [3.8, 4) is 22.3 Å². The molecule has 0 radical (unpaired) electrons. The molecule has 0 atom stereocenters. The van der Waals surface area contributed by atoms with Gasteiger partial charge in [0, 0.05) is 16.7 Å². The molecule has 0 aromatic heterocycles. The molecule has 3 heteroatoms. The van der Waals surface area contributed by atoms with Crippen LogP contribution in [0.15, 0.2) is 67.2 Å². The maximum absolute atomic E-state index is 11.7. The van der Waals surface area contributed by atoms with E-state index in [1.54, 1.807) is 30.3 Å². The van der Waals surface area contributed by atoms with E-state index in [2.05, 4.69) is 6.58 Å². The van der Waals surface area contributed by atoms with Crippen molar-refractivity contribution in [3.63, 3.8) is 0 Å². The second-order valence-corrected chi connectivity index (χ2v) is 5.83. The van der Waals surface area contributed by atoms with Crippen LogP contribution in [0, 0.1) is 0 Å². The number of aldehydes is 3. The lowest BCUT2D eigenvalue weighted by Crippen LogP contribution is -1.94. The number of carbonyl (C=O) groups is 3. The Morgan fingerprint density at radius 2 is 1.00 bits per heavy atom. The Kier molecular flexibility index (Phi) is 4.99. The van der Waals surface area contributed by atoms with E-state index in [0.717, 1.165) is 46.7 Å². The number of hydrogen-bond acceptors (Lipinski definition) is 3. The second kappa shape index (κ2) is 7.53. The van der Waals surface area contributed by atoms with Gasteiger partial charge >= 0.3 is 0 Å². The zero-order chi connectivity index (χ0) is 18.5. The molecular formula is C23H16O3. The normalized spacial score (nSPS) is 10.2. The van der Waals surface area contributed by atoms with Crippen LogP contribution >= 0.6 is 0 Å². The summed E-state index contributed by atoms with van der Waals surface area (Å²) in [6.45, 7) is 3.88. The molecular weight excluding hydrogens is 324 g/mol. The molecule has 3 rings (SSSR count). The first-order valence-electron chi connectivity index (χ1n) is 8.07. The van der Waals surface area contributed by atoms with Gasteiger partial charge in [-0.2, -0.15) is 0 Å². The largest absolute Gasteiger partial charge is 0.298 e. The third-order valence-electron chi connectivity index (χ3n) is 4.28. The second-order valence-electron chi connectivity index (χ2n) is 5.83. The van der Waals surface area contributed by atoms with Gasteiger partial charge in [0.25, 0.3) is 0 Å². The van der Waals surface area contributed by atoms with Crippen molar-refractivity contribution < 1.29 is 14.4 Å². The average Bonchev–Trinajstić information content (AvgIpc) is 2.73. The van der Waals surface area contributed by atoms with Crippen LogP contribution in [-0.2, 0) is 0 Å². The highest BCUT2D eigenvalue weighted by Crippen LogP contribution is 2.32. The molecule has 0 saturated carbocycles. The fourth-order valence-electron chi connectivity index (χ4n) is 2.88. The molecule has 0 N–H and O–H groups in total. The Morgan fingerprint density at radius 3 is 1.38 bits per heavy atom. The molecule has 3 nitrogen and oxygen atoms in total. The van der Waals surface area contributed by atoms with Gasteiger partial charge in [-0.15, -0.1) is 0 Å². The van der Waals surface area contributed by atoms with E-state index in [1.807, 2.05) is 36.4 Å². The smallest absolute Gasteiger partial charge is 0.150 e. The summed E-state index contributed by atoms with van der Waals surface area (Å²) in [5.74, 6) is 0. The highest BCUT2D eigenvalue weighted by molar-refractivity contribution is 5.93. The lowest BCUT2D eigenvalue weighted by atomic mass is 9.90. The summed E-state index contributed by atoms with van der Waals surface area (Å²) >= 11 is 0. The van der Waals surface area contributed by atoms with Crippen LogP contribution in [0.1, 0.15) is 36.6 Å². The van der Waals surface area contributed by atoms with E-state index in [1.165, 1.54) is 0 Å². The maximum Gasteiger partial charge on any atom is 0.150 e. The van der Waals surface area contributed by atoms with Crippen molar-refractivity contribution >= 4 is 24.9 Å². The first kappa shape index (κ1) is 17.2. The molecule has 26 heavy (non-hydrogen) atoms. The van der Waals surface area contributed by atoms with Crippen molar-refractivity contribution in [2.75, 3.05) is 0 Å². The molecule has 0 aliphatic carbocycles. The monoisotopic (exact) mass is 340 g/mol. The maximum atomic E-state index is 11.7. The Morgan fingerprint density at radius 1 is 0.577 bits per heavy atom. The number of benzene rings is 3. The molecule has 0 spiro atoms. The third kappa shape index (κ3) is 3.28. The van der Waals surface area contributed by atoms with E-state index in [0.29, 0.717) is 16.7 Å². The highest BCUT2D eigenvalue weighted by Gasteiger charge is 2.11. The lowest BCUT2D eigenvalue weighted by Gasteiger charge is -2.13.